The second-order valence-electron chi connectivity index (χ2n) is 7.13. The Bertz CT molecular complexity index is 1310. The first-order valence-corrected chi connectivity index (χ1v) is 11.2. The van der Waals surface area contributed by atoms with Crippen LogP contribution in [0.4, 0.5) is 0 Å². The van der Waals surface area contributed by atoms with Crippen molar-refractivity contribution < 1.29 is 28.6 Å². The molecule has 0 spiro atoms. The highest BCUT2D eigenvalue weighted by Gasteiger charge is 2.14. The van der Waals surface area contributed by atoms with Crippen LogP contribution in [0.25, 0.3) is 0 Å². The summed E-state index contributed by atoms with van der Waals surface area (Å²) in [7, 11) is 2.95. The van der Waals surface area contributed by atoms with Crippen molar-refractivity contribution in [2.24, 2.45) is 5.10 Å². The van der Waals surface area contributed by atoms with E-state index < -0.39 is 17.8 Å². The molecule has 0 aliphatic rings. The SMILES string of the molecule is COc1ccc(C(=O)NCC(=O)N/N=C/c2cccc(OC(=O)c3ccc(Cl)cc3Cl)c2)cc1OC. The Kier molecular flexibility index (Phi) is 9.26. The third-order valence-corrected chi connectivity index (χ3v) is 5.23. The lowest BCUT2D eigenvalue weighted by atomic mass is 10.2. The Morgan fingerprint density at radius 3 is 2.44 bits per heavy atom. The lowest BCUT2D eigenvalue weighted by Gasteiger charge is -2.09. The van der Waals surface area contributed by atoms with E-state index in [-0.39, 0.29) is 22.9 Å². The van der Waals surface area contributed by atoms with Crippen LogP contribution in [0, 0.1) is 0 Å². The van der Waals surface area contributed by atoms with E-state index in [4.69, 9.17) is 37.4 Å². The number of hydrogen-bond acceptors (Lipinski definition) is 7. The van der Waals surface area contributed by atoms with Gasteiger partial charge in [0.2, 0.25) is 0 Å². The van der Waals surface area contributed by atoms with E-state index in [1.54, 1.807) is 36.4 Å². The van der Waals surface area contributed by atoms with Gasteiger partial charge in [0.25, 0.3) is 11.8 Å². The first-order chi connectivity index (χ1) is 17.3. The number of carbonyl (C=O) groups is 3. The van der Waals surface area contributed by atoms with Gasteiger partial charge in [0, 0.05) is 10.6 Å². The summed E-state index contributed by atoms with van der Waals surface area (Å²) >= 11 is 11.9. The van der Waals surface area contributed by atoms with E-state index in [1.165, 1.54) is 44.7 Å². The number of hydrazone groups is 1. The van der Waals surface area contributed by atoms with Crippen molar-refractivity contribution >= 4 is 47.2 Å². The predicted molar refractivity (Wildman–Crippen MR) is 135 cm³/mol. The lowest BCUT2D eigenvalue weighted by Crippen LogP contribution is -2.34. The maximum absolute atomic E-state index is 12.4. The van der Waals surface area contributed by atoms with Gasteiger partial charge < -0.3 is 19.5 Å². The first-order valence-electron chi connectivity index (χ1n) is 10.4. The molecule has 3 rings (SSSR count). The smallest absolute Gasteiger partial charge is 0.345 e. The fourth-order valence-corrected chi connectivity index (χ4v) is 3.42. The zero-order valence-electron chi connectivity index (χ0n) is 19.2. The molecule has 0 aromatic heterocycles. The molecule has 0 unspecified atom stereocenters. The Morgan fingerprint density at radius 1 is 0.944 bits per heavy atom. The van der Waals surface area contributed by atoms with Gasteiger partial charge in [0.05, 0.1) is 37.6 Å². The molecule has 0 aliphatic heterocycles. The van der Waals surface area contributed by atoms with E-state index in [1.807, 2.05) is 0 Å². The maximum Gasteiger partial charge on any atom is 0.345 e. The molecule has 0 heterocycles. The Balaban J connectivity index is 1.52. The molecule has 0 fully saturated rings. The summed E-state index contributed by atoms with van der Waals surface area (Å²) in [6.45, 7) is -0.302. The van der Waals surface area contributed by atoms with Crippen molar-refractivity contribution in [3.63, 3.8) is 0 Å². The minimum Gasteiger partial charge on any atom is -0.493 e. The fraction of sp³-hybridized carbons (Fsp3) is 0.120. The highest BCUT2D eigenvalue weighted by Crippen LogP contribution is 2.27. The van der Waals surface area contributed by atoms with Crippen molar-refractivity contribution in [2.75, 3.05) is 20.8 Å². The minimum absolute atomic E-state index is 0.169. The van der Waals surface area contributed by atoms with Crippen LogP contribution in [-0.4, -0.2) is 44.8 Å². The number of amides is 2. The summed E-state index contributed by atoms with van der Waals surface area (Å²) in [6, 6.07) is 15.6. The molecule has 3 aromatic carbocycles. The summed E-state index contributed by atoms with van der Waals surface area (Å²) in [5.74, 6) is -0.532. The molecule has 0 saturated heterocycles. The molecular formula is C25H21Cl2N3O6. The molecule has 0 aliphatic carbocycles. The van der Waals surface area contributed by atoms with Gasteiger partial charge in [-0.05, 0) is 54.1 Å². The van der Waals surface area contributed by atoms with Gasteiger partial charge in [-0.15, -0.1) is 0 Å². The number of hydrogen-bond donors (Lipinski definition) is 2. The highest BCUT2D eigenvalue weighted by atomic mass is 35.5. The quantitative estimate of drug-likeness (QED) is 0.186. The minimum atomic E-state index is -0.649. The molecule has 2 amide bonds. The topological polar surface area (TPSA) is 115 Å². The van der Waals surface area contributed by atoms with Crippen LogP contribution in [0.5, 0.6) is 17.2 Å². The number of ether oxygens (including phenoxy) is 3. The summed E-state index contributed by atoms with van der Waals surface area (Å²) in [6.07, 6.45) is 1.36. The standard InChI is InChI=1S/C25H21Cl2N3O6/c1-34-21-9-6-16(11-22(21)35-2)24(32)28-14-23(31)30-29-13-15-4-3-5-18(10-15)36-25(33)19-8-7-17(26)12-20(19)27/h3-13H,14H2,1-2H3,(H,28,32)(H,30,31)/b29-13+. The van der Waals surface area contributed by atoms with Crippen LogP contribution in [-0.2, 0) is 4.79 Å². The third-order valence-electron chi connectivity index (χ3n) is 4.68. The van der Waals surface area contributed by atoms with Gasteiger partial charge in [-0.3, -0.25) is 9.59 Å². The number of methoxy groups -OCH3 is 2. The molecule has 0 atom stereocenters. The first kappa shape index (κ1) is 26.5. The number of rotatable bonds is 9. The zero-order valence-corrected chi connectivity index (χ0v) is 20.7. The van der Waals surface area contributed by atoms with Crippen molar-refractivity contribution in [1.82, 2.24) is 10.7 Å². The number of benzene rings is 3. The number of nitrogens with one attached hydrogen (secondary N) is 2. The van der Waals surface area contributed by atoms with E-state index in [0.29, 0.717) is 27.6 Å². The monoisotopic (exact) mass is 529 g/mol. The van der Waals surface area contributed by atoms with Crippen molar-refractivity contribution in [3.8, 4) is 17.2 Å². The van der Waals surface area contributed by atoms with E-state index in [2.05, 4.69) is 15.8 Å². The third kappa shape index (κ3) is 7.21. The van der Waals surface area contributed by atoms with Crippen LogP contribution < -0.4 is 25.0 Å². The Morgan fingerprint density at radius 2 is 1.72 bits per heavy atom. The molecule has 186 valence electrons. The van der Waals surface area contributed by atoms with Crippen molar-refractivity contribution in [3.05, 3.63) is 87.4 Å². The average molecular weight is 530 g/mol. The predicted octanol–water partition coefficient (Wildman–Crippen LogP) is 4.11. The van der Waals surface area contributed by atoms with Crippen LogP contribution in [0.3, 0.4) is 0 Å². The molecule has 3 aromatic rings. The molecule has 36 heavy (non-hydrogen) atoms. The molecule has 11 heteroatoms. The largest absolute Gasteiger partial charge is 0.493 e. The number of nitrogens with zero attached hydrogens (tertiary/aromatic N) is 1. The van der Waals surface area contributed by atoms with E-state index in [9.17, 15) is 14.4 Å². The van der Waals surface area contributed by atoms with Gasteiger partial charge in [-0.1, -0.05) is 35.3 Å². The van der Waals surface area contributed by atoms with E-state index >= 15 is 0 Å². The van der Waals surface area contributed by atoms with Gasteiger partial charge in [0.15, 0.2) is 11.5 Å². The Hall–Kier alpha value is -4.08. The second-order valence-corrected chi connectivity index (χ2v) is 7.98. The van der Waals surface area contributed by atoms with Gasteiger partial charge in [0.1, 0.15) is 5.75 Å². The average Bonchev–Trinajstić information content (AvgIpc) is 2.87. The fourth-order valence-electron chi connectivity index (χ4n) is 2.93. The number of halogens is 2. The molecule has 0 radical (unpaired) electrons. The summed E-state index contributed by atoms with van der Waals surface area (Å²) in [4.78, 5) is 36.7. The van der Waals surface area contributed by atoms with Gasteiger partial charge >= 0.3 is 5.97 Å². The number of carbonyl (C=O) groups excluding carboxylic acids is 3. The Labute approximate surface area is 216 Å². The molecule has 0 saturated carbocycles. The van der Waals surface area contributed by atoms with Crippen LogP contribution in [0.1, 0.15) is 26.3 Å². The van der Waals surface area contributed by atoms with E-state index in [0.717, 1.165) is 0 Å². The zero-order chi connectivity index (χ0) is 26.1. The second kappa shape index (κ2) is 12.6. The van der Waals surface area contributed by atoms with Crippen LogP contribution >= 0.6 is 23.2 Å². The molecule has 9 nitrogen and oxygen atoms in total. The number of esters is 1. The van der Waals surface area contributed by atoms with Crippen molar-refractivity contribution in [2.45, 2.75) is 0 Å². The molecular weight excluding hydrogens is 509 g/mol. The summed E-state index contributed by atoms with van der Waals surface area (Å²) < 4.78 is 15.6. The van der Waals surface area contributed by atoms with Crippen LogP contribution in [0.15, 0.2) is 65.8 Å². The lowest BCUT2D eigenvalue weighted by molar-refractivity contribution is -0.120. The van der Waals surface area contributed by atoms with Gasteiger partial charge in [-0.25, -0.2) is 10.2 Å². The highest BCUT2D eigenvalue weighted by molar-refractivity contribution is 6.36. The normalized spacial score (nSPS) is 10.6. The van der Waals surface area contributed by atoms with Gasteiger partial charge in [-0.2, -0.15) is 5.10 Å². The summed E-state index contributed by atoms with van der Waals surface area (Å²) in [5, 5.41) is 6.92. The van der Waals surface area contributed by atoms with Crippen molar-refractivity contribution in [1.29, 1.82) is 0 Å². The molecule has 0 bridgehead atoms. The maximum atomic E-state index is 12.4. The summed E-state index contributed by atoms with van der Waals surface area (Å²) in [5.41, 5.74) is 3.33. The van der Waals surface area contributed by atoms with Crippen LogP contribution in [0.2, 0.25) is 10.0 Å². The molecule has 2 N–H and O–H groups in total.